The second-order valence-corrected chi connectivity index (χ2v) is 7.47. The molecule has 0 fully saturated rings. The number of carbonyl (C=O) groups is 2. The van der Waals surface area contributed by atoms with Gasteiger partial charge in [0.05, 0.1) is 10.3 Å². The van der Waals surface area contributed by atoms with Crippen LogP contribution in [0.4, 0.5) is 10.1 Å². The maximum atomic E-state index is 13.6. The number of aliphatic carboxylic acids is 1. The largest absolute Gasteiger partial charge is 0.480 e. The summed E-state index contributed by atoms with van der Waals surface area (Å²) >= 11 is 0. The van der Waals surface area contributed by atoms with E-state index >= 15 is 0 Å². The molecule has 0 bridgehead atoms. The number of carboxylic acid groups (broad SMARTS) is 1. The minimum atomic E-state index is -1.38. The summed E-state index contributed by atoms with van der Waals surface area (Å²) in [6.07, 6.45) is -0.248. The third-order valence-electron chi connectivity index (χ3n) is 5.41. The smallest absolute Gasteiger partial charge is 0.326 e. The first-order chi connectivity index (χ1) is 15.2. The Kier molecular flexibility index (Phi) is 6.63. The van der Waals surface area contributed by atoms with E-state index in [0.29, 0.717) is 11.1 Å². The lowest BCUT2D eigenvalue weighted by atomic mass is 9.75. The van der Waals surface area contributed by atoms with Gasteiger partial charge < -0.3 is 10.4 Å². The molecule has 0 aliphatic carbocycles. The van der Waals surface area contributed by atoms with E-state index in [0.717, 1.165) is 12.1 Å². The molecule has 0 aromatic heterocycles. The molecule has 7 nitrogen and oxygen atoms in total. The lowest BCUT2D eigenvalue weighted by Gasteiger charge is -2.31. The van der Waals surface area contributed by atoms with E-state index in [1.807, 2.05) is 12.1 Å². The maximum Gasteiger partial charge on any atom is 0.326 e. The number of amides is 1. The Morgan fingerprint density at radius 2 is 1.56 bits per heavy atom. The van der Waals surface area contributed by atoms with E-state index in [1.165, 1.54) is 6.07 Å². The van der Waals surface area contributed by atoms with Crippen LogP contribution in [0, 0.1) is 15.9 Å². The molecule has 0 spiro atoms. The summed E-state index contributed by atoms with van der Waals surface area (Å²) in [4.78, 5) is 35.5. The van der Waals surface area contributed by atoms with Gasteiger partial charge in [0.2, 0.25) is 11.7 Å². The van der Waals surface area contributed by atoms with Gasteiger partial charge in [0.15, 0.2) is 0 Å². The van der Waals surface area contributed by atoms with Crippen LogP contribution in [0.25, 0.3) is 0 Å². The fourth-order valence-corrected chi connectivity index (χ4v) is 3.54. The van der Waals surface area contributed by atoms with Crippen molar-refractivity contribution in [3.63, 3.8) is 0 Å². The Morgan fingerprint density at radius 1 is 1.03 bits per heavy atom. The number of carbonyl (C=O) groups excluding carboxylic acids is 1. The summed E-state index contributed by atoms with van der Waals surface area (Å²) in [6, 6.07) is 19.7. The monoisotopic (exact) mass is 436 g/mol. The highest BCUT2D eigenvalue weighted by Crippen LogP contribution is 2.32. The van der Waals surface area contributed by atoms with Gasteiger partial charge in [-0.25, -0.2) is 4.79 Å². The Hall–Kier alpha value is -4.07. The predicted octanol–water partition coefficient (Wildman–Crippen LogP) is 3.85. The van der Waals surface area contributed by atoms with Crippen molar-refractivity contribution in [2.75, 3.05) is 0 Å². The minimum absolute atomic E-state index is 0.215. The summed E-state index contributed by atoms with van der Waals surface area (Å²) < 4.78 is 13.6. The van der Waals surface area contributed by atoms with Crippen LogP contribution in [-0.4, -0.2) is 27.9 Å². The highest BCUT2D eigenvalue weighted by molar-refractivity contribution is 5.94. The number of nitro benzene ring substituents is 1. The average Bonchev–Trinajstić information content (AvgIpc) is 2.80. The van der Waals surface area contributed by atoms with Crippen LogP contribution in [-0.2, 0) is 21.4 Å². The number of hydrogen-bond acceptors (Lipinski definition) is 4. The van der Waals surface area contributed by atoms with Crippen LogP contribution >= 0.6 is 0 Å². The molecule has 0 aliphatic rings. The molecule has 3 aromatic rings. The highest BCUT2D eigenvalue weighted by Gasteiger charge is 2.39. The van der Waals surface area contributed by atoms with Gasteiger partial charge in [-0.1, -0.05) is 66.7 Å². The Labute approximate surface area is 183 Å². The van der Waals surface area contributed by atoms with Gasteiger partial charge in [-0.3, -0.25) is 14.9 Å². The maximum absolute atomic E-state index is 13.6. The van der Waals surface area contributed by atoms with Crippen LogP contribution < -0.4 is 5.32 Å². The second kappa shape index (κ2) is 9.38. The van der Waals surface area contributed by atoms with Gasteiger partial charge in [-0.05, 0) is 29.7 Å². The molecule has 2 N–H and O–H groups in total. The fourth-order valence-electron chi connectivity index (χ4n) is 3.54. The molecule has 3 rings (SSSR count). The van der Waals surface area contributed by atoms with Gasteiger partial charge in [-0.15, -0.1) is 0 Å². The van der Waals surface area contributed by atoms with E-state index in [9.17, 15) is 29.2 Å². The molecule has 0 aliphatic heterocycles. The van der Waals surface area contributed by atoms with Crippen molar-refractivity contribution < 1.29 is 24.0 Å². The average molecular weight is 436 g/mol. The number of nitrogens with one attached hydrogen (secondary N) is 1. The predicted molar refractivity (Wildman–Crippen MR) is 116 cm³/mol. The molecule has 32 heavy (non-hydrogen) atoms. The van der Waals surface area contributed by atoms with Gasteiger partial charge in [0.1, 0.15) is 6.04 Å². The topological polar surface area (TPSA) is 110 Å². The van der Waals surface area contributed by atoms with Crippen LogP contribution in [0.3, 0.4) is 0 Å². The van der Waals surface area contributed by atoms with Crippen molar-refractivity contribution in [3.8, 4) is 0 Å². The third-order valence-corrected chi connectivity index (χ3v) is 5.41. The Bertz CT molecular complexity index is 1100. The first-order valence-corrected chi connectivity index (χ1v) is 9.81. The number of rotatable bonds is 8. The van der Waals surface area contributed by atoms with E-state index < -0.39 is 39.8 Å². The molecule has 3 aromatic carbocycles. The molecule has 164 valence electrons. The van der Waals surface area contributed by atoms with E-state index in [4.69, 9.17) is 0 Å². The van der Waals surface area contributed by atoms with E-state index in [1.54, 1.807) is 55.5 Å². The number of carboxylic acids is 1. The molecule has 0 heterocycles. The van der Waals surface area contributed by atoms with Crippen LogP contribution in [0.15, 0.2) is 78.9 Å². The van der Waals surface area contributed by atoms with E-state index in [-0.39, 0.29) is 12.0 Å². The normalized spacial score (nSPS) is 12.1. The van der Waals surface area contributed by atoms with Gasteiger partial charge in [0.25, 0.3) is 0 Å². The standard InChI is InChI=1S/C24H21FN2O5/c1-24(17-8-4-2-5-9-17,18-10-6-3-7-11-18)23(30)26-20(22(28)29)14-16-12-13-19(25)21(15-16)27(31)32/h2-13,15,20H,14H2,1H3,(H,26,30)(H,28,29)/t20-/m1/s1. The first kappa shape index (κ1) is 22.6. The van der Waals surface area contributed by atoms with Gasteiger partial charge in [-0.2, -0.15) is 4.39 Å². The Balaban J connectivity index is 1.94. The van der Waals surface area contributed by atoms with Crippen molar-refractivity contribution in [3.05, 3.63) is 111 Å². The number of halogens is 1. The molecular formula is C24H21FN2O5. The zero-order valence-electron chi connectivity index (χ0n) is 17.2. The van der Waals surface area contributed by atoms with E-state index in [2.05, 4.69) is 5.32 Å². The van der Waals surface area contributed by atoms with Crippen molar-refractivity contribution in [1.29, 1.82) is 0 Å². The second-order valence-electron chi connectivity index (χ2n) is 7.47. The van der Waals surface area contributed by atoms with Gasteiger partial charge >= 0.3 is 11.7 Å². The zero-order chi connectivity index (χ0) is 23.3. The molecular weight excluding hydrogens is 415 g/mol. The lowest BCUT2D eigenvalue weighted by Crippen LogP contribution is -2.50. The minimum Gasteiger partial charge on any atom is -0.480 e. The van der Waals surface area contributed by atoms with Crippen LogP contribution in [0.5, 0.6) is 0 Å². The summed E-state index contributed by atoms with van der Waals surface area (Å²) in [6.45, 7) is 1.70. The van der Waals surface area contributed by atoms with Crippen LogP contribution in [0.2, 0.25) is 0 Å². The molecule has 0 radical (unpaired) electrons. The lowest BCUT2D eigenvalue weighted by molar-refractivity contribution is -0.387. The fraction of sp³-hybridized carbons (Fsp3) is 0.167. The number of hydrogen-bond donors (Lipinski definition) is 2. The number of nitro groups is 1. The SMILES string of the molecule is CC(C(=O)N[C@H](Cc1ccc(F)c([N+](=O)[O-])c1)C(=O)O)(c1ccccc1)c1ccccc1. The van der Waals surface area contributed by atoms with Crippen molar-refractivity contribution in [2.24, 2.45) is 0 Å². The molecule has 8 heteroatoms. The quantitative estimate of drug-likeness (QED) is 0.412. The van der Waals surface area contributed by atoms with Gasteiger partial charge in [0, 0.05) is 12.5 Å². The highest BCUT2D eigenvalue weighted by atomic mass is 19.1. The third kappa shape index (κ3) is 4.64. The first-order valence-electron chi connectivity index (χ1n) is 9.81. The Morgan fingerprint density at radius 3 is 2.03 bits per heavy atom. The number of benzene rings is 3. The summed E-state index contributed by atoms with van der Waals surface area (Å²) in [5.41, 5.74) is -0.385. The zero-order valence-corrected chi connectivity index (χ0v) is 17.2. The van der Waals surface area contributed by atoms with Crippen molar-refractivity contribution in [2.45, 2.75) is 24.8 Å². The van der Waals surface area contributed by atoms with Crippen LogP contribution in [0.1, 0.15) is 23.6 Å². The summed E-state index contributed by atoms with van der Waals surface area (Å²) in [7, 11) is 0. The molecule has 1 atom stereocenters. The van der Waals surface area contributed by atoms with Crippen molar-refractivity contribution >= 4 is 17.6 Å². The molecule has 0 saturated heterocycles. The summed E-state index contributed by atoms with van der Waals surface area (Å²) in [5.74, 6) is -2.87. The number of nitrogens with zero attached hydrogens (tertiary/aromatic N) is 1. The summed E-state index contributed by atoms with van der Waals surface area (Å²) in [5, 5.41) is 23.3. The molecule has 0 saturated carbocycles. The van der Waals surface area contributed by atoms with Crippen molar-refractivity contribution in [1.82, 2.24) is 5.32 Å². The molecule has 0 unspecified atom stereocenters. The molecule has 1 amide bonds.